The van der Waals surface area contributed by atoms with E-state index in [1.807, 2.05) is 0 Å². The SMILES string of the molecule is CC1(C)C[C@@H](O)[C@@H](O)CN(CC2CNCCC23CCC3)C1. The maximum atomic E-state index is 10.2. The Hall–Kier alpha value is -0.160. The van der Waals surface area contributed by atoms with E-state index in [1.54, 1.807) is 0 Å². The van der Waals surface area contributed by atoms with Crippen molar-refractivity contribution < 1.29 is 10.2 Å². The molecule has 0 aromatic carbocycles. The van der Waals surface area contributed by atoms with Crippen LogP contribution in [0.3, 0.4) is 0 Å². The zero-order valence-electron chi connectivity index (χ0n) is 13.6. The van der Waals surface area contributed by atoms with E-state index in [0.29, 0.717) is 24.3 Å². The normalized spacial score (nSPS) is 39.7. The van der Waals surface area contributed by atoms with Crippen LogP contribution in [0.15, 0.2) is 0 Å². The van der Waals surface area contributed by atoms with Crippen LogP contribution < -0.4 is 5.32 Å². The van der Waals surface area contributed by atoms with Gasteiger partial charge in [-0.05, 0) is 55.5 Å². The molecular formula is C17H32N2O2. The molecule has 4 heteroatoms. The van der Waals surface area contributed by atoms with E-state index in [1.165, 1.54) is 32.2 Å². The summed E-state index contributed by atoms with van der Waals surface area (Å²) in [5.41, 5.74) is 0.650. The summed E-state index contributed by atoms with van der Waals surface area (Å²) >= 11 is 0. The Bertz CT molecular complexity index is 368. The number of hydrogen-bond acceptors (Lipinski definition) is 4. The summed E-state index contributed by atoms with van der Waals surface area (Å²) in [5.74, 6) is 0.707. The molecule has 2 heterocycles. The molecule has 2 aliphatic heterocycles. The van der Waals surface area contributed by atoms with Crippen molar-refractivity contribution in [3.05, 3.63) is 0 Å². The Kier molecular flexibility index (Phi) is 4.34. The van der Waals surface area contributed by atoms with Crippen molar-refractivity contribution >= 4 is 0 Å². The topological polar surface area (TPSA) is 55.7 Å². The minimum atomic E-state index is -0.597. The summed E-state index contributed by atoms with van der Waals surface area (Å²) in [6, 6.07) is 0. The monoisotopic (exact) mass is 296 g/mol. The second-order valence-electron chi connectivity index (χ2n) is 8.56. The highest BCUT2D eigenvalue weighted by Crippen LogP contribution is 2.51. The molecule has 1 unspecified atom stereocenters. The van der Waals surface area contributed by atoms with Gasteiger partial charge in [0.05, 0.1) is 12.2 Å². The quantitative estimate of drug-likeness (QED) is 0.717. The highest BCUT2D eigenvalue weighted by atomic mass is 16.3. The Labute approximate surface area is 128 Å². The molecule has 4 nitrogen and oxygen atoms in total. The molecule has 3 N–H and O–H groups in total. The Balaban J connectivity index is 1.67. The minimum absolute atomic E-state index is 0.0752. The van der Waals surface area contributed by atoms with Gasteiger partial charge in [0.15, 0.2) is 0 Å². The van der Waals surface area contributed by atoms with Crippen molar-refractivity contribution in [3.63, 3.8) is 0 Å². The number of likely N-dealkylation sites (tertiary alicyclic amines) is 1. The molecular weight excluding hydrogens is 264 g/mol. The fourth-order valence-corrected chi connectivity index (χ4v) is 4.86. The Morgan fingerprint density at radius 1 is 1.14 bits per heavy atom. The molecule has 1 saturated carbocycles. The summed E-state index contributed by atoms with van der Waals surface area (Å²) in [6.45, 7) is 9.38. The van der Waals surface area contributed by atoms with Gasteiger partial charge in [-0.3, -0.25) is 4.90 Å². The number of aliphatic hydroxyl groups excluding tert-OH is 2. The highest BCUT2D eigenvalue weighted by molar-refractivity contribution is 4.99. The zero-order chi connectivity index (χ0) is 15.1. The molecule has 122 valence electrons. The lowest BCUT2D eigenvalue weighted by molar-refractivity contribution is -0.0203. The van der Waals surface area contributed by atoms with E-state index < -0.39 is 12.2 Å². The van der Waals surface area contributed by atoms with Gasteiger partial charge < -0.3 is 15.5 Å². The van der Waals surface area contributed by atoms with Gasteiger partial charge in [-0.2, -0.15) is 0 Å². The van der Waals surface area contributed by atoms with Crippen molar-refractivity contribution in [2.45, 2.75) is 58.2 Å². The molecule has 0 radical (unpaired) electrons. The molecule has 3 fully saturated rings. The Morgan fingerprint density at radius 2 is 1.90 bits per heavy atom. The van der Waals surface area contributed by atoms with Crippen molar-refractivity contribution in [1.29, 1.82) is 0 Å². The molecule has 1 spiro atoms. The van der Waals surface area contributed by atoms with Crippen LogP contribution in [-0.4, -0.2) is 60.0 Å². The van der Waals surface area contributed by atoms with Crippen LogP contribution in [0.1, 0.15) is 46.0 Å². The van der Waals surface area contributed by atoms with E-state index in [0.717, 1.165) is 19.6 Å². The predicted molar refractivity (Wildman–Crippen MR) is 84.1 cm³/mol. The van der Waals surface area contributed by atoms with Crippen LogP contribution in [0, 0.1) is 16.7 Å². The number of rotatable bonds is 2. The van der Waals surface area contributed by atoms with Crippen LogP contribution in [0.5, 0.6) is 0 Å². The van der Waals surface area contributed by atoms with Gasteiger partial charge in [-0.1, -0.05) is 20.3 Å². The largest absolute Gasteiger partial charge is 0.390 e. The fraction of sp³-hybridized carbons (Fsp3) is 1.00. The maximum Gasteiger partial charge on any atom is 0.0925 e. The van der Waals surface area contributed by atoms with E-state index in [-0.39, 0.29) is 5.41 Å². The van der Waals surface area contributed by atoms with Crippen LogP contribution in [0.25, 0.3) is 0 Å². The number of nitrogens with one attached hydrogen (secondary N) is 1. The lowest BCUT2D eigenvalue weighted by Gasteiger charge is -2.52. The first kappa shape index (κ1) is 15.7. The van der Waals surface area contributed by atoms with Gasteiger partial charge in [0.25, 0.3) is 0 Å². The summed E-state index contributed by atoms with van der Waals surface area (Å²) < 4.78 is 0. The van der Waals surface area contributed by atoms with Crippen molar-refractivity contribution in [2.75, 3.05) is 32.7 Å². The first-order valence-corrected chi connectivity index (χ1v) is 8.69. The lowest BCUT2D eigenvalue weighted by Crippen LogP contribution is -2.54. The van der Waals surface area contributed by atoms with Crippen LogP contribution >= 0.6 is 0 Å². The summed E-state index contributed by atoms with van der Waals surface area (Å²) in [6.07, 6.45) is 5.01. The number of aliphatic hydroxyl groups is 2. The van der Waals surface area contributed by atoms with Crippen LogP contribution in [0.4, 0.5) is 0 Å². The van der Waals surface area contributed by atoms with Gasteiger partial charge >= 0.3 is 0 Å². The van der Waals surface area contributed by atoms with Crippen LogP contribution in [-0.2, 0) is 0 Å². The van der Waals surface area contributed by atoms with Crippen molar-refractivity contribution in [3.8, 4) is 0 Å². The van der Waals surface area contributed by atoms with Gasteiger partial charge in [0.1, 0.15) is 0 Å². The standard InChI is InChI=1S/C17H32N2O2/c1-16(2)8-14(20)15(21)11-19(12-16)10-13-9-18-7-6-17(13)4-3-5-17/h13-15,18,20-21H,3-12H2,1-2H3/t13?,14-,15+/m1/s1. The van der Waals surface area contributed by atoms with E-state index in [2.05, 4.69) is 24.1 Å². The van der Waals surface area contributed by atoms with Crippen molar-refractivity contribution in [1.82, 2.24) is 10.2 Å². The van der Waals surface area contributed by atoms with Gasteiger partial charge in [0.2, 0.25) is 0 Å². The first-order chi connectivity index (χ1) is 9.90. The number of β-amino-alcohol motifs (C(OH)–C–C–N with tert-alkyl or cyclic N) is 1. The smallest absolute Gasteiger partial charge is 0.0925 e. The molecule has 3 rings (SSSR count). The highest BCUT2D eigenvalue weighted by Gasteiger charge is 2.46. The van der Waals surface area contributed by atoms with Crippen molar-refractivity contribution in [2.24, 2.45) is 16.7 Å². The molecule has 21 heavy (non-hydrogen) atoms. The van der Waals surface area contributed by atoms with Gasteiger partial charge in [-0.15, -0.1) is 0 Å². The van der Waals surface area contributed by atoms with Crippen LogP contribution in [0.2, 0.25) is 0 Å². The number of hydrogen-bond donors (Lipinski definition) is 3. The molecule has 0 aromatic rings. The van der Waals surface area contributed by atoms with E-state index in [9.17, 15) is 10.2 Å². The van der Waals surface area contributed by atoms with Gasteiger partial charge in [0, 0.05) is 19.6 Å². The summed E-state index contributed by atoms with van der Waals surface area (Å²) in [4.78, 5) is 2.42. The summed E-state index contributed by atoms with van der Waals surface area (Å²) in [5, 5.41) is 23.8. The second kappa shape index (κ2) is 5.80. The summed E-state index contributed by atoms with van der Waals surface area (Å²) in [7, 11) is 0. The average molecular weight is 296 g/mol. The third-order valence-corrected chi connectivity index (χ3v) is 6.19. The number of piperidine rings is 1. The zero-order valence-corrected chi connectivity index (χ0v) is 13.6. The first-order valence-electron chi connectivity index (χ1n) is 8.69. The maximum absolute atomic E-state index is 10.2. The molecule has 3 atom stereocenters. The lowest BCUT2D eigenvalue weighted by atomic mass is 9.58. The predicted octanol–water partition coefficient (Wildman–Crippen LogP) is 1.22. The Morgan fingerprint density at radius 3 is 2.57 bits per heavy atom. The minimum Gasteiger partial charge on any atom is -0.390 e. The fourth-order valence-electron chi connectivity index (χ4n) is 4.86. The molecule has 0 bridgehead atoms. The van der Waals surface area contributed by atoms with E-state index in [4.69, 9.17) is 0 Å². The van der Waals surface area contributed by atoms with E-state index >= 15 is 0 Å². The number of nitrogens with zero attached hydrogens (tertiary/aromatic N) is 1. The molecule has 3 aliphatic rings. The molecule has 0 amide bonds. The molecule has 1 aliphatic carbocycles. The molecule has 2 saturated heterocycles. The second-order valence-corrected chi connectivity index (χ2v) is 8.56. The van der Waals surface area contributed by atoms with Gasteiger partial charge in [-0.25, -0.2) is 0 Å². The molecule has 0 aromatic heterocycles. The third-order valence-electron chi connectivity index (χ3n) is 6.19. The average Bonchev–Trinajstić information content (AvgIpc) is 2.44. The third kappa shape index (κ3) is 3.29.